The summed E-state index contributed by atoms with van der Waals surface area (Å²) in [5, 5.41) is 9.43. The van der Waals surface area contributed by atoms with Crippen LogP contribution in [0.2, 0.25) is 0 Å². The fourth-order valence-electron chi connectivity index (χ4n) is 2.77. The van der Waals surface area contributed by atoms with E-state index >= 15 is 0 Å². The van der Waals surface area contributed by atoms with E-state index in [-0.39, 0.29) is 0 Å². The van der Waals surface area contributed by atoms with Crippen molar-refractivity contribution in [1.82, 2.24) is 4.98 Å². The molecule has 1 aromatic rings. The van der Waals surface area contributed by atoms with Gasteiger partial charge in [0, 0.05) is 18.8 Å². The molecule has 1 aliphatic rings. The molecule has 0 atom stereocenters. The highest BCUT2D eigenvalue weighted by Crippen LogP contribution is 2.25. The average molecular weight is 262 g/mol. The number of pyridine rings is 1. The van der Waals surface area contributed by atoms with Gasteiger partial charge >= 0.3 is 5.97 Å². The fourth-order valence-corrected chi connectivity index (χ4v) is 2.77. The summed E-state index contributed by atoms with van der Waals surface area (Å²) in [6.45, 7) is 5.60. The lowest BCUT2D eigenvalue weighted by atomic mass is 10.1. The number of aryl methyl sites for hydroxylation is 2. The largest absolute Gasteiger partial charge is 0.478 e. The Bertz CT molecular complexity index is 463. The fraction of sp³-hybridized carbons (Fsp3) is 0.600. The van der Waals surface area contributed by atoms with Gasteiger partial charge in [-0.3, -0.25) is 0 Å². The maximum atomic E-state index is 11.5. The third-order valence-electron chi connectivity index (χ3n) is 3.70. The van der Waals surface area contributed by atoms with Gasteiger partial charge in [0.05, 0.1) is 0 Å². The zero-order chi connectivity index (χ0) is 13.8. The summed E-state index contributed by atoms with van der Waals surface area (Å²) in [4.78, 5) is 18.1. The van der Waals surface area contributed by atoms with Crippen LogP contribution in [0, 0.1) is 13.8 Å². The molecule has 0 unspecified atom stereocenters. The van der Waals surface area contributed by atoms with E-state index in [1.165, 1.54) is 19.3 Å². The minimum Gasteiger partial charge on any atom is -0.478 e. The maximum absolute atomic E-state index is 11.5. The van der Waals surface area contributed by atoms with Crippen molar-refractivity contribution in [2.75, 3.05) is 18.0 Å². The molecule has 0 aromatic carbocycles. The Morgan fingerprint density at radius 1 is 1.16 bits per heavy atom. The van der Waals surface area contributed by atoms with E-state index < -0.39 is 5.97 Å². The topological polar surface area (TPSA) is 53.4 Å². The number of nitrogens with zero attached hydrogens (tertiary/aromatic N) is 2. The van der Waals surface area contributed by atoms with Crippen molar-refractivity contribution in [2.24, 2.45) is 0 Å². The number of rotatable bonds is 2. The zero-order valence-electron chi connectivity index (χ0n) is 11.8. The number of aromatic nitrogens is 1. The third-order valence-corrected chi connectivity index (χ3v) is 3.70. The van der Waals surface area contributed by atoms with Crippen LogP contribution in [-0.2, 0) is 0 Å². The van der Waals surface area contributed by atoms with E-state index in [0.29, 0.717) is 11.4 Å². The quantitative estimate of drug-likeness (QED) is 0.889. The molecule has 4 nitrogen and oxygen atoms in total. The van der Waals surface area contributed by atoms with Crippen LogP contribution >= 0.6 is 0 Å². The molecule has 0 amide bonds. The predicted molar refractivity (Wildman–Crippen MR) is 76.0 cm³/mol. The number of aromatic carboxylic acids is 1. The van der Waals surface area contributed by atoms with Gasteiger partial charge in [-0.2, -0.15) is 0 Å². The van der Waals surface area contributed by atoms with Crippen LogP contribution in [0.4, 0.5) is 5.82 Å². The number of carboxylic acids is 1. The lowest BCUT2D eigenvalue weighted by molar-refractivity contribution is 0.0696. The molecule has 0 aliphatic carbocycles. The summed E-state index contributed by atoms with van der Waals surface area (Å²) < 4.78 is 0. The summed E-state index contributed by atoms with van der Waals surface area (Å²) in [5.41, 5.74) is 2.06. The van der Waals surface area contributed by atoms with Gasteiger partial charge in [-0.05, 0) is 38.3 Å². The Morgan fingerprint density at radius 2 is 1.74 bits per heavy atom. The summed E-state index contributed by atoms with van der Waals surface area (Å²) >= 11 is 0. The van der Waals surface area contributed by atoms with E-state index in [0.717, 1.165) is 37.2 Å². The molecule has 0 radical (unpaired) electrons. The van der Waals surface area contributed by atoms with Crippen LogP contribution in [0.15, 0.2) is 6.07 Å². The van der Waals surface area contributed by atoms with Gasteiger partial charge in [-0.25, -0.2) is 9.78 Å². The van der Waals surface area contributed by atoms with Gasteiger partial charge in [0.2, 0.25) is 0 Å². The van der Waals surface area contributed by atoms with E-state index in [1.54, 1.807) is 0 Å². The molecule has 1 aromatic heterocycles. The van der Waals surface area contributed by atoms with Crippen molar-refractivity contribution in [1.29, 1.82) is 0 Å². The van der Waals surface area contributed by atoms with Crippen molar-refractivity contribution in [3.63, 3.8) is 0 Å². The average Bonchev–Trinajstić information content (AvgIpc) is 2.26. The highest BCUT2D eigenvalue weighted by molar-refractivity contribution is 5.95. The highest BCUT2D eigenvalue weighted by Gasteiger charge is 2.21. The predicted octanol–water partition coefficient (Wildman–Crippen LogP) is 3.17. The normalized spacial score (nSPS) is 16.8. The first-order chi connectivity index (χ1) is 9.09. The molecule has 104 valence electrons. The number of carbonyl (C=O) groups is 1. The second-order valence-electron chi connectivity index (χ2n) is 5.34. The Morgan fingerprint density at radius 3 is 2.32 bits per heavy atom. The van der Waals surface area contributed by atoms with Crippen molar-refractivity contribution in [3.8, 4) is 0 Å². The first kappa shape index (κ1) is 13.8. The molecule has 2 heterocycles. The highest BCUT2D eigenvalue weighted by atomic mass is 16.4. The van der Waals surface area contributed by atoms with Crippen LogP contribution in [0.1, 0.15) is 53.7 Å². The molecule has 0 saturated carbocycles. The Labute approximate surface area is 114 Å². The Kier molecular flexibility index (Phi) is 4.40. The molecule has 19 heavy (non-hydrogen) atoms. The summed E-state index contributed by atoms with van der Waals surface area (Å²) in [6.07, 6.45) is 5.98. The third kappa shape index (κ3) is 3.25. The van der Waals surface area contributed by atoms with Crippen molar-refractivity contribution < 1.29 is 9.90 Å². The van der Waals surface area contributed by atoms with Crippen molar-refractivity contribution >= 4 is 11.8 Å². The van der Waals surface area contributed by atoms with Gasteiger partial charge in [0.1, 0.15) is 11.4 Å². The maximum Gasteiger partial charge on any atom is 0.339 e. The van der Waals surface area contributed by atoms with E-state index in [2.05, 4.69) is 9.88 Å². The van der Waals surface area contributed by atoms with Crippen LogP contribution in [0.25, 0.3) is 0 Å². The summed E-state index contributed by atoms with van der Waals surface area (Å²) in [6, 6.07) is 1.84. The second kappa shape index (κ2) is 6.04. The molecule has 0 spiro atoms. The number of carboxylic acid groups (broad SMARTS) is 1. The standard InChI is InChI=1S/C15H22N2O2/c1-11-10-12(2)16-14(13(11)15(18)19)17-8-6-4-3-5-7-9-17/h10H,3-9H2,1-2H3,(H,18,19). The minimum atomic E-state index is -0.873. The first-order valence-corrected chi connectivity index (χ1v) is 7.06. The molecule has 1 aliphatic heterocycles. The lowest BCUT2D eigenvalue weighted by Gasteiger charge is -2.27. The van der Waals surface area contributed by atoms with Crippen molar-refractivity contribution in [2.45, 2.75) is 46.0 Å². The van der Waals surface area contributed by atoms with Crippen LogP contribution in [-0.4, -0.2) is 29.1 Å². The number of anilines is 1. The molecule has 0 bridgehead atoms. The summed E-state index contributed by atoms with van der Waals surface area (Å²) in [5.74, 6) is -0.214. The molecule has 2 rings (SSSR count). The van der Waals surface area contributed by atoms with Gasteiger partial charge in [0.15, 0.2) is 0 Å². The Hall–Kier alpha value is -1.58. The van der Waals surface area contributed by atoms with E-state index in [4.69, 9.17) is 0 Å². The van der Waals surface area contributed by atoms with Crippen LogP contribution in [0.3, 0.4) is 0 Å². The van der Waals surface area contributed by atoms with Gasteiger partial charge in [0.25, 0.3) is 0 Å². The van der Waals surface area contributed by atoms with Crippen molar-refractivity contribution in [3.05, 3.63) is 22.9 Å². The summed E-state index contributed by atoms with van der Waals surface area (Å²) in [7, 11) is 0. The second-order valence-corrected chi connectivity index (χ2v) is 5.34. The molecule has 1 N–H and O–H groups in total. The van der Waals surface area contributed by atoms with Crippen LogP contribution in [0.5, 0.6) is 0 Å². The smallest absolute Gasteiger partial charge is 0.339 e. The van der Waals surface area contributed by atoms with Gasteiger partial charge in [-0.1, -0.05) is 19.3 Å². The monoisotopic (exact) mass is 262 g/mol. The lowest BCUT2D eigenvalue weighted by Crippen LogP contribution is -2.30. The van der Waals surface area contributed by atoms with Gasteiger partial charge in [-0.15, -0.1) is 0 Å². The molecule has 4 heteroatoms. The first-order valence-electron chi connectivity index (χ1n) is 7.06. The van der Waals surface area contributed by atoms with E-state index in [9.17, 15) is 9.90 Å². The van der Waals surface area contributed by atoms with E-state index in [1.807, 2.05) is 19.9 Å². The Balaban J connectivity index is 2.38. The zero-order valence-corrected chi connectivity index (χ0v) is 11.8. The molecule has 1 fully saturated rings. The van der Waals surface area contributed by atoms with Crippen LogP contribution < -0.4 is 4.90 Å². The molecular formula is C15H22N2O2. The minimum absolute atomic E-state index is 0.367. The van der Waals surface area contributed by atoms with Gasteiger partial charge < -0.3 is 10.0 Å². The molecule has 1 saturated heterocycles. The number of hydrogen-bond acceptors (Lipinski definition) is 3. The number of hydrogen-bond donors (Lipinski definition) is 1. The SMILES string of the molecule is Cc1cc(C)c(C(=O)O)c(N2CCCCCCC2)n1. The molecular weight excluding hydrogens is 240 g/mol.